The topological polar surface area (TPSA) is 77.6 Å². The van der Waals surface area contributed by atoms with Crippen LogP contribution >= 0.6 is 11.3 Å². The third-order valence-corrected chi connectivity index (χ3v) is 6.10. The molecule has 5 aromatic rings. The van der Waals surface area contributed by atoms with E-state index in [0.29, 0.717) is 23.6 Å². The summed E-state index contributed by atoms with van der Waals surface area (Å²) in [6.07, 6.45) is 3.41. The molecule has 0 bridgehead atoms. The monoisotopic (exact) mass is 442 g/mol. The Morgan fingerprint density at radius 1 is 1.09 bits per heavy atom. The van der Waals surface area contributed by atoms with Crippen molar-refractivity contribution in [3.63, 3.8) is 0 Å². The van der Waals surface area contributed by atoms with E-state index < -0.39 is 0 Å². The minimum atomic E-state index is -0.215. The number of benzene rings is 1. The number of nitrogens with zero attached hydrogens (tertiary/aromatic N) is 5. The van der Waals surface area contributed by atoms with Gasteiger partial charge in [-0.15, -0.1) is 11.3 Å². The Hall–Kier alpha value is -3.78. The quantitative estimate of drug-likeness (QED) is 0.390. The number of thiophene rings is 1. The fraction of sp³-hybridized carbons (Fsp3) is 0.167. The van der Waals surface area contributed by atoms with Crippen LogP contribution in [0.4, 0.5) is 5.82 Å². The molecule has 160 valence electrons. The third kappa shape index (κ3) is 3.80. The molecular formula is C24H22N6OS. The maximum absolute atomic E-state index is 13.4. The molecule has 1 amide bonds. The molecule has 7 nitrogen and oxygen atoms in total. The summed E-state index contributed by atoms with van der Waals surface area (Å²) in [5.41, 5.74) is 3.11. The number of anilines is 1. The molecule has 0 saturated heterocycles. The second-order valence-corrected chi connectivity index (χ2v) is 8.71. The van der Waals surface area contributed by atoms with Gasteiger partial charge in [0.25, 0.3) is 5.91 Å². The van der Waals surface area contributed by atoms with Crippen molar-refractivity contribution in [2.45, 2.75) is 26.4 Å². The van der Waals surface area contributed by atoms with E-state index in [1.807, 2.05) is 72.4 Å². The number of hydrogen-bond donors (Lipinski definition) is 1. The van der Waals surface area contributed by atoms with E-state index in [0.717, 1.165) is 21.5 Å². The van der Waals surface area contributed by atoms with Gasteiger partial charge in [-0.25, -0.2) is 14.3 Å². The average molecular weight is 443 g/mol. The highest BCUT2D eigenvalue weighted by Gasteiger charge is 2.20. The van der Waals surface area contributed by atoms with Crippen LogP contribution in [0.3, 0.4) is 0 Å². The average Bonchev–Trinajstić information content (AvgIpc) is 3.55. The smallest absolute Gasteiger partial charge is 0.257 e. The third-order valence-electron chi connectivity index (χ3n) is 5.21. The zero-order chi connectivity index (χ0) is 22.1. The number of rotatable bonds is 6. The molecule has 0 radical (unpaired) electrons. The molecule has 0 saturated carbocycles. The van der Waals surface area contributed by atoms with Crippen LogP contribution in [0.25, 0.3) is 21.6 Å². The molecule has 4 heterocycles. The van der Waals surface area contributed by atoms with Gasteiger partial charge in [-0.05, 0) is 36.9 Å². The highest BCUT2D eigenvalue weighted by Crippen LogP contribution is 2.29. The van der Waals surface area contributed by atoms with Gasteiger partial charge in [-0.1, -0.05) is 36.4 Å². The summed E-state index contributed by atoms with van der Waals surface area (Å²) in [7, 11) is 0. The maximum atomic E-state index is 13.4. The zero-order valence-electron chi connectivity index (χ0n) is 17.8. The van der Waals surface area contributed by atoms with Crippen LogP contribution in [0.5, 0.6) is 0 Å². The van der Waals surface area contributed by atoms with Crippen LogP contribution in [0.1, 0.15) is 35.8 Å². The summed E-state index contributed by atoms with van der Waals surface area (Å²) in [6, 6.07) is 17.8. The lowest BCUT2D eigenvalue weighted by atomic mass is 10.1. The lowest BCUT2D eigenvalue weighted by Crippen LogP contribution is -2.17. The summed E-state index contributed by atoms with van der Waals surface area (Å²) in [6.45, 7) is 4.67. The second kappa shape index (κ2) is 8.39. The Kier molecular flexibility index (Phi) is 5.28. The normalized spacial score (nSPS) is 11.3. The number of aromatic nitrogens is 5. The molecule has 5 rings (SSSR count). The van der Waals surface area contributed by atoms with Gasteiger partial charge in [-0.2, -0.15) is 10.2 Å². The van der Waals surface area contributed by atoms with Crippen LogP contribution in [-0.4, -0.2) is 30.5 Å². The first-order valence-electron chi connectivity index (χ1n) is 10.4. The van der Waals surface area contributed by atoms with Crippen LogP contribution < -0.4 is 5.32 Å². The zero-order valence-corrected chi connectivity index (χ0v) is 18.6. The van der Waals surface area contributed by atoms with Gasteiger partial charge in [0.15, 0.2) is 5.65 Å². The van der Waals surface area contributed by atoms with Crippen LogP contribution in [0, 0.1) is 0 Å². The molecule has 1 aromatic carbocycles. The van der Waals surface area contributed by atoms with Gasteiger partial charge in [0.2, 0.25) is 0 Å². The number of carbonyl (C=O) groups excluding carboxylic acids is 1. The van der Waals surface area contributed by atoms with Gasteiger partial charge in [-0.3, -0.25) is 4.79 Å². The molecule has 0 aliphatic rings. The first-order chi connectivity index (χ1) is 15.6. The van der Waals surface area contributed by atoms with Gasteiger partial charge >= 0.3 is 0 Å². The molecule has 8 heteroatoms. The number of amides is 1. The number of nitrogens with one attached hydrogen (secondary N) is 1. The Morgan fingerprint density at radius 2 is 1.94 bits per heavy atom. The molecule has 0 unspecified atom stereocenters. The van der Waals surface area contributed by atoms with E-state index in [2.05, 4.69) is 15.5 Å². The predicted octanol–water partition coefficient (Wildman–Crippen LogP) is 5.24. The minimum Gasteiger partial charge on any atom is -0.307 e. The van der Waals surface area contributed by atoms with E-state index in [1.165, 1.54) is 0 Å². The fourth-order valence-electron chi connectivity index (χ4n) is 3.64. The van der Waals surface area contributed by atoms with Crippen molar-refractivity contribution in [2.24, 2.45) is 0 Å². The molecule has 4 aromatic heterocycles. The number of fused-ring (bicyclic) bond motifs is 1. The molecular weight excluding hydrogens is 420 g/mol. The van der Waals surface area contributed by atoms with Crippen molar-refractivity contribution >= 4 is 34.1 Å². The van der Waals surface area contributed by atoms with Crippen molar-refractivity contribution in [1.29, 1.82) is 0 Å². The van der Waals surface area contributed by atoms with Crippen molar-refractivity contribution in [3.8, 4) is 10.6 Å². The van der Waals surface area contributed by atoms with E-state index in [-0.39, 0.29) is 11.9 Å². The van der Waals surface area contributed by atoms with Crippen LogP contribution in [0.2, 0.25) is 0 Å². The van der Waals surface area contributed by atoms with E-state index >= 15 is 0 Å². The molecule has 0 aliphatic carbocycles. The molecule has 0 spiro atoms. The van der Waals surface area contributed by atoms with E-state index in [4.69, 9.17) is 4.98 Å². The SMILES string of the molecule is CC(C)n1ncc2c(C(=O)Nc3ccnn3Cc3ccccc3)cc(-c3cccs3)nc21. The molecule has 0 aliphatic heterocycles. The van der Waals surface area contributed by atoms with Crippen molar-refractivity contribution < 1.29 is 4.79 Å². The lowest BCUT2D eigenvalue weighted by molar-refractivity contribution is 0.102. The largest absolute Gasteiger partial charge is 0.307 e. The van der Waals surface area contributed by atoms with Gasteiger partial charge in [0.05, 0.1) is 40.5 Å². The summed E-state index contributed by atoms with van der Waals surface area (Å²) in [4.78, 5) is 19.2. The van der Waals surface area contributed by atoms with Crippen LogP contribution in [-0.2, 0) is 6.54 Å². The molecule has 32 heavy (non-hydrogen) atoms. The second-order valence-electron chi connectivity index (χ2n) is 7.77. The number of pyridine rings is 1. The fourth-order valence-corrected chi connectivity index (χ4v) is 4.33. The van der Waals surface area contributed by atoms with Crippen molar-refractivity contribution in [2.75, 3.05) is 5.32 Å². The number of carbonyl (C=O) groups is 1. The lowest BCUT2D eigenvalue weighted by Gasteiger charge is -2.12. The predicted molar refractivity (Wildman–Crippen MR) is 127 cm³/mol. The Labute approximate surface area is 189 Å². The van der Waals surface area contributed by atoms with Gasteiger partial charge in [0.1, 0.15) is 5.82 Å². The Morgan fingerprint density at radius 3 is 2.69 bits per heavy atom. The first-order valence-corrected chi connectivity index (χ1v) is 11.3. The van der Waals surface area contributed by atoms with E-state index in [9.17, 15) is 4.79 Å². The first kappa shape index (κ1) is 20.1. The number of hydrogen-bond acceptors (Lipinski definition) is 5. The van der Waals surface area contributed by atoms with Crippen molar-refractivity contribution in [3.05, 3.63) is 83.5 Å². The minimum absolute atomic E-state index is 0.127. The molecule has 0 atom stereocenters. The Balaban J connectivity index is 1.52. The van der Waals surface area contributed by atoms with Crippen LogP contribution in [0.15, 0.2) is 72.4 Å². The highest BCUT2D eigenvalue weighted by atomic mass is 32.1. The Bertz CT molecular complexity index is 1370. The molecule has 1 N–H and O–H groups in total. The van der Waals surface area contributed by atoms with Gasteiger partial charge in [0, 0.05) is 12.1 Å². The summed E-state index contributed by atoms with van der Waals surface area (Å²) >= 11 is 1.59. The summed E-state index contributed by atoms with van der Waals surface area (Å²) < 4.78 is 3.63. The summed E-state index contributed by atoms with van der Waals surface area (Å²) in [5, 5.41) is 14.6. The van der Waals surface area contributed by atoms with Crippen molar-refractivity contribution in [1.82, 2.24) is 24.5 Å². The molecule has 0 fully saturated rings. The summed E-state index contributed by atoms with van der Waals surface area (Å²) in [5.74, 6) is 0.422. The maximum Gasteiger partial charge on any atom is 0.257 e. The van der Waals surface area contributed by atoms with E-state index in [1.54, 1.807) is 34.5 Å². The standard InChI is InChI=1S/C24H22N6OS/c1-16(2)30-23-19(14-26-30)18(13-20(27-23)21-9-6-12-32-21)24(31)28-22-10-11-25-29(22)15-17-7-4-3-5-8-17/h3-14,16H,15H2,1-2H3,(H,28,31). The highest BCUT2D eigenvalue weighted by molar-refractivity contribution is 7.13. The van der Waals surface area contributed by atoms with Gasteiger partial charge < -0.3 is 5.32 Å².